The summed E-state index contributed by atoms with van der Waals surface area (Å²) < 4.78 is 30.5. The van der Waals surface area contributed by atoms with Gasteiger partial charge in [-0.15, -0.1) is 0 Å². The smallest absolute Gasteiger partial charge is 0.331 e. The lowest BCUT2D eigenvalue weighted by molar-refractivity contribution is -0.294. The Morgan fingerprint density at radius 1 is 0.872 bits per heavy atom. The van der Waals surface area contributed by atoms with Gasteiger partial charge in [0.2, 0.25) is 0 Å². The molecule has 2 saturated carbocycles. The zero-order chi connectivity index (χ0) is 28.8. The summed E-state index contributed by atoms with van der Waals surface area (Å²) in [7, 11) is 0. The standard InChI is InChI=1S/C30H38O9/c1-17-15-23(35-18(2)31)26(37-20(4)33)29(7)27(38-24(34)14-13-21-11-9-8-10-12-21)25(36-19(3)32)22-16-30(17,29)39-28(22,5)6/h8-14,17,22-23,25-27H,15-16H2,1-7H3/t17-,22+,23+,25-,26+,27-,29+,30+/m1/s1. The fourth-order valence-electron chi connectivity index (χ4n) is 7.20. The maximum Gasteiger partial charge on any atom is 0.331 e. The Bertz CT molecular complexity index is 1160. The lowest BCUT2D eigenvalue weighted by atomic mass is 9.49. The molecule has 39 heavy (non-hydrogen) atoms. The first-order chi connectivity index (χ1) is 18.2. The molecule has 2 bridgehead atoms. The van der Waals surface area contributed by atoms with Crippen molar-refractivity contribution >= 4 is 30.0 Å². The Kier molecular flexibility index (Phi) is 7.69. The van der Waals surface area contributed by atoms with E-state index in [0.717, 1.165) is 5.56 Å². The van der Waals surface area contributed by atoms with Crippen LogP contribution in [0.5, 0.6) is 0 Å². The SMILES string of the molecule is CC(=O)O[C@H]1[C@@H](OC(=O)C=Cc2ccccc2)[C@]2(C)[C@@H](OC(C)=O)[C@@H](OC(C)=O)C[C@@H](C)[C@@]23C[C@@H]1C(C)(C)O3. The van der Waals surface area contributed by atoms with E-state index < -0.39 is 64.9 Å². The molecule has 1 aliphatic heterocycles. The number of rotatable bonds is 6. The fourth-order valence-corrected chi connectivity index (χ4v) is 7.20. The molecule has 0 N–H and O–H groups in total. The van der Waals surface area contributed by atoms with E-state index in [4.69, 9.17) is 23.7 Å². The quantitative estimate of drug-likeness (QED) is 0.299. The molecule has 1 aromatic carbocycles. The topological polar surface area (TPSA) is 114 Å². The first-order valence-corrected chi connectivity index (χ1v) is 13.4. The van der Waals surface area contributed by atoms with E-state index in [0.29, 0.717) is 12.8 Å². The predicted octanol–water partition coefficient (Wildman–Crippen LogP) is 4.02. The number of esters is 4. The Morgan fingerprint density at radius 3 is 2.08 bits per heavy atom. The number of benzene rings is 1. The molecule has 0 amide bonds. The van der Waals surface area contributed by atoms with Crippen molar-refractivity contribution in [1.29, 1.82) is 0 Å². The van der Waals surface area contributed by atoms with Gasteiger partial charge in [0.25, 0.3) is 0 Å². The van der Waals surface area contributed by atoms with Gasteiger partial charge in [0, 0.05) is 32.8 Å². The van der Waals surface area contributed by atoms with Gasteiger partial charge < -0.3 is 23.7 Å². The first-order valence-electron chi connectivity index (χ1n) is 13.4. The van der Waals surface area contributed by atoms with Crippen LogP contribution < -0.4 is 0 Å². The molecule has 4 rings (SSSR count). The van der Waals surface area contributed by atoms with Crippen LogP contribution in [0.4, 0.5) is 0 Å². The minimum atomic E-state index is -1.24. The third-order valence-corrected chi connectivity index (χ3v) is 8.74. The van der Waals surface area contributed by atoms with Crippen molar-refractivity contribution in [3.63, 3.8) is 0 Å². The summed E-state index contributed by atoms with van der Waals surface area (Å²) in [5.74, 6) is -2.79. The highest BCUT2D eigenvalue weighted by Gasteiger charge is 2.78. The molecule has 8 atom stereocenters. The zero-order valence-electron chi connectivity index (χ0n) is 23.6. The second-order valence-electron chi connectivity index (χ2n) is 11.7. The Balaban J connectivity index is 1.85. The van der Waals surface area contributed by atoms with Crippen LogP contribution in [-0.4, -0.2) is 59.5 Å². The van der Waals surface area contributed by atoms with Gasteiger partial charge in [0.1, 0.15) is 12.2 Å². The van der Waals surface area contributed by atoms with Crippen LogP contribution in [0.1, 0.15) is 66.9 Å². The van der Waals surface area contributed by atoms with Crippen LogP contribution in [-0.2, 0) is 42.9 Å². The van der Waals surface area contributed by atoms with Crippen molar-refractivity contribution < 1.29 is 42.9 Å². The van der Waals surface area contributed by atoms with Crippen molar-refractivity contribution in [2.24, 2.45) is 17.3 Å². The molecule has 1 heterocycles. The molecular formula is C30H38O9. The number of ether oxygens (including phenoxy) is 5. The molecule has 3 fully saturated rings. The van der Waals surface area contributed by atoms with Crippen LogP contribution >= 0.6 is 0 Å². The zero-order valence-corrected chi connectivity index (χ0v) is 23.6. The van der Waals surface area contributed by atoms with E-state index in [1.807, 2.05) is 58.0 Å². The lowest BCUT2D eigenvalue weighted by Crippen LogP contribution is -2.74. The molecule has 1 saturated heterocycles. The summed E-state index contributed by atoms with van der Waals surface area (Å²) in [6, 6.07) is 9.28. The van der Waals surface area contributed by atoms with Gasteiger partial charge >= 0.3 is 23.9 Å². The summed E-state index contributed by atoms with van der Waals surface area (Å²) in [6.07, 6.45) is -0.00705. The van der Waals surface area contributed by atoms with E-state index in [1.54, 1.807) is 6.08 Å². The van der Waals surface area contributed by atoms with E-state index in [9.17, 15) is 19.2 Å². The highest BCUT2D eigenvalue weighted by molar-refractivity contribution is 5.87. The van der Waals surface area contributed by atoms with Gasteiger partial charge in [-0.2, -0.15) is 0 Å². The number of fused-ring (bicyclic) bond motifs is 1. The normalized spacial score (nSPS) is 36.5. The minimum Gasteiger partial charge on any atom is -0.459 e. The second-order valence-corrected chi connectivity index (χ2v) is 11.7. The number of hydrogen-bond donors (Lipinski definition) is 0. The summed E-state index contributed by atoms with van der Waals surface area (Å²) in [5, 5.41) is 0. The molecule has 0 aromatic heterocycles. The van der Waals surface area contributed by atoms with Gasteiger partial charge in [-0.3, -0.25) is 14.4 Å². The summed E-state index contributed by atoms with van der Waals surface area (Å²) >= 11 is 0. The Labute approximate surface area is 229 Å². The van der Waals surface area contributed by atoms with Crippen molar-refractivity contribution in [3.05, 3.63) is 42.0 Å². The minimum absolute atomic E-state index is 0.178. The van der Waals surface area contributed by atoms with Crippen LogP contribution in [0.25, 0.3) is 6.08 Å². The summed E-state index contributed by atoms with van der Waals surface area (Å²) in [6.45, 7) is 11.5. The van der Waals surface area contributed by atoms with Gasteiger partial charge in [-0.05, 0) is 51.2 Å². The summed E-state index contributed by atoms with van der Waals surface area (Å²) in [4.78, 5) is 50.2. The van der Waals surface area contributed by atoms with Crippen LogP contribution in [0.15, 0.2) is 36.4 Å². The van der Waals surface area contributed by atoms with Gasteiger partial charge in [0.05, 0.1) is 16.6 Å². The highest BCUT2D eigenvalue weighted by atomic mass is 16.6. The van der Waals surface area contributed by atoms with Gasteiger partial charge in [-0.1, -0.05) is 37.3 Å². The number of hydrogen-bond acceptors (Lipinski definition) is 9. The molecule has 1 aromatic rings. The lowest BCUT2D eigenvalue weighted by Gasteiger charge is -2.62. The monoisotopic (exact) mass is 542 g/mol. The van der Waals surface area contributed by atoms with Gasteiger partial charge in [-0.25, -0.2) is 4.79 Å². The van der Waals surface area contributed by atoms with Crippen molar-refractivity contribution in [2.45, 2.75) is 96.9 Å². The Morgan fingerprint density at radius 2 is 1.49 bits per heavy atom. The van der Waals surface area contributed by atoms with E-state index in [-0.39, 0.29) is 11.8 Å². The van der Waals surface area contributed by atoms with E-state index in [1.165, 1.54) is 26.8 Å². The van der Waals surface area contributed by atoms with E-state index in [2.05, 4.69) is 0 Å². The Hall–Kier alpha value is -3.20. The van der Waals surface area contributed by atoms with Crippen LogP contribution in [0.3, 0.4) is 0 Å². The van der Waals surface area contributed by atoms with Crippen molar-refractivity contribution in [1.82, 2.24) is 0 Å². The number of carbonyl (C=O) groups is 4. The third-order valence-electron chi connectivity index (χ3n) is 8.74. The molecule has 1 spiro atoms. The molecule has 0 unspecified atom stereocenters. The third kappa shape index (κ3) is 5.09. The van der Waals surface area contributed by atoms with Gasteiger partial charge in [0.15, 0.2) is 12.2 Å². The molecule has 3 aliphatic rings. The van der Waals surface area contributed by atoms with E-state index >= 15 is 0 Å². The average Bonchev–Trinajstić information content (AvgIpc) is 3.11. The molecule has 0 radical (unpaired) electrons. The molecule has 212 valence electrons. The largest absolute Gasteiger partial charge is 0.459 e. The highest BCUT2D eigenvalue weighted by Crippen LogP contribution is 2.67. The first kappa shape index (κ1) is 28.8. The maximum absolute atomic E-state index is 13.3. The van der Waals surface area contributed by atoms with Crippen molar-refractivity contribution in [2.75, 3.05) is 0 Å². The molecule has 2 aliphatic carbocycles. The summed E-state index contributed by atoms with van der Waals surface area (Å²) in [5.41, 5.74) is -2.12. The predicted molar refractivity (Wildman–Crippen MR) is 140 cm³/mol. The average molecular weight is 543 g/mol. The molecule has 9 nitrogen and oxygen atoms in total. The fraction of sp³-hybridized carbons (Fsp3) is 0.600. The number of carbonyl (C=O) groups excluding carboxylic acids is 4. The van der Waals surface area contributed by atoms with Crippen LogP contribution in [0.2, 0.25) is 0 Å². The van der Waals surface area contributed by atoms with Crippen molar-refractivity contribution in [3.8, 4) is 0 Å². The molecule has 9 heteroatoms. The molecular weight excluding hydrogens is 504 g/mol. The maximum atomic E-state index is 13.3. The second kappa shape index (κ2) is 10.4. The van der Waals surface area contributed by atoms with Crippen LogP contribution in [0, 0.1) is 17.3 Å².